The van der Waals surface area contributed by atoms with Gasteiger partial charge in [0, 0.05) is 16.4 Å². The maximum Gasteiger partial charge on any atom is 0.165 e. The molecule has 25 heavy (non-hydrogen) atoms. The van der Waals surface area contributed by atoms with Crippen LogP contribution < -0.4 is 0 Å². The molecule has 4 nitrogen and oxygen atoms in total. The minimum absolute atomic E-state index is 0.0225. The number of aromatic nitrogens is 3. The van der Waals surface area contributed by atoms with Crippen molar-refractivity contribution in [2.24, 2.45) is 16.2 Å². The Morgan fingerprint density at radius 2 is 1.48 bits per heavy atom. The van der Waals surface area contributed by atoms with Crippen molar-refractivity contribution >= 4 is 11.9 Å². The van der Waals surface area contributed by atoms with Crippen LogP contribution in [-0.4, -0.2) is 21.2 Å². The van der Waals surface area contributed by atoms with Crippen molar-refractivity contribution in [1.29, 1.82) is 0 Å². The lowest BCUT2D eigenvalue weighted by atomic mass is 9.65. The number of nitrogens with zero attached hydrogens (tertiary/aromatic N) is 3. The third-order valence-electron chi connectivity index (χ3n) is 6.74. The highest BCUT2D eigenvalue weighted by Gasteiger charge is 2.69. The van der Waals surface area contributed by atoms with Crippen LogP contribution in [0.3, 0.4) is 0 Å². The van der Waals surface area contributed by atoms with Crippen LogP contribution in [0.2, 0.25) is 0 Å². The molecule has 0 amide bonds. The van der Waals surface area contributed by atoms with Crippen LogP contribution in [0, 0.1) is 16.2 Å². The highest BCUT2D eigenvalue weighted by Crippen LogP contribution is 2.72. The molecule has 4 heteroatoms. The molecule has 130 valence electrons. The zero-order chi connectivity index (χ0) is 18.1. The van der Waals surface area contributed by atoms with Gasteiger partial charge in [0.25, 0.3) is 0 Å². The van der Waals surface area contributed by atoms with Crippen LogP contribution in [0.25, 0.3) is 6.08 Å². The molecule has 0 radical (unpaired) electrons. The van der Waals surface area contributed by atoms with E-state index in [2.05, 4.69) is 61.3 Å². The van der Waals surface area contributed by atoms with Crippen LogP contribution >= 0.6 is 0 Å². The molecule has 1 aromatic carbocycles. The SMILES string of the molecule is CC12CCC(C)(C(=Cc3ccccc3)C1=O)C2(C)C.c1cnnnc1. The molecule has 1 heterocycles. The molecule has 0 aliphatic heterocycles. The van der Waals surface area contributed by atoms with Crippen LogP contribution in [0.1, 0.15) is 46.1 Å². The Balaban J connectivity index is 0.000000258. The van der Waals surface area contributed by atoms with Gasteiger partial charge in [0.2, 0.25) is 0 Å². The molecule has 2 aromatic rings. The molecule has 2 aliphatic carbocycles. The van der Waals surface area contributed by atoms with E-state index < -0.39 is 0 Å². The van der Waals surface area contributed by atoms with Crippen LogP contribution in [0.4, 0.5) is 0 Å². The van der Waals surface area contributed by atoms with E-state index in [1.54, 1.807) is 18.5 Å². The first-order valence-electron chi connectivity index (χ1n) is 8.73. The van der Waals surface area contributed by atoms with Gasteiger partial charge in [-0.15, -0.1) is 10.2 Å². The minimum atomic E-state index is -0.178. The highest BCUT2D eigenvalue weighted by molar-refractivity contribution is 6.09. The fourth-order valence-corrected chi connectivity index (χ4v) is 4.30. The summed E-state index contributed by atoms with van der Waals surface area (Å²) in [7, 11) is 0. The molecule has 1 aromatic heterocycles. The molecule has 2 bridgehead atoms. The predicted molar refractivity (Wildman–Crippen MR) is 98.5 cm³/mol. The number of hydrogen-bond donors (Lipinski definition) is 0. The van der Waals surface area contributed by atoms with E-state index in [4.69, 9.17) is 0 Å². The first kappa shape index (κ1) is 17.5. The Labute approximate surface area is 149 Å². The van der Waals surface area contributed by atoms with Crippen molar-refractivity contribution in [1.82, 2.24) is 15.4 Å². The van der Waals surface area contributed by atoms with E-state index in [0.717, 1.165) is 24.0 Å². The second-order valence-corrected chi connectivity index (χ2v) is 7.90. The summed E-state index contributed by atoms with van der Waals surface area (Å²) in [6.07, 6.45) is 7.43. The number of carbonyl (C=O) groups is 1. The monoisotopic (exact) mass is 335 g/mol. The summed E-state index contributed by atoms with van der Waals surface area (Å²) in [5.74, 6) is 0.370. The smallest absolute Gasteiger partial charge is 0.165 e. The van der Waals surface area contributed by atoms with E-state index >= 15 is 0 Å². The third kappa shape index (κ3) is 2.60. The molecule has 0 N–H and O–H groups in total. The summed E-state index contributed by atoms with van der Waals surface area (Å²) in [5.41, 5.74) is 2.07. The first-order chi connectivity index (χ1) is 11.8. The summed E-state index contributed by atoms with van der Waals surface area (Å²) in [4.78, 5) is 12.8. The number of Topliss-reactive ketones (excluding diaryl/α,β-unsaturated/α-hetero) is 1. The molecule has 2 saturated carbocycles. The molecule has 0 saturated heterocycles. The Morgan fingerprint density at radius 1 is 0.880 bits per heavy atom. The van der Waals surface area contributed by atoms with E-state index in [1.165, 1.54) is 0 Å². The maximum atomic E-state index is 12.8. The number of carbonyl (C=O) groups excluding carboxylic acids is 1. The fraction of sp³-hybridized carbons (Fsp3) is 0.429. The third-order valence-corrected chi connectivity index (χ3v) is 6.74. The second kappa shape index (κ2) is 6.17. The highest BCUT2D eigenvalue weighted by atomic mass is 16.1. The topological polar surface area (TPSA) is 55.7 Å². The van der Waals surface area contributed by atoms with E-state index in [1.807, 2.05) is 18.2 Å². The summed E-state index contributed by atoms with van der Waals surface area (Å²) in [6, 6.07) is 11.9. The standard InChI is InChI=1S/C18H22O.C3H3N3/c1-16(2)17(3)10-11-18(16,4)15(19)14(17)12-13-8-6-5-7-9-13;1-2-4-6-5-3-1/h5-9,12H,10-11H2,1-4H3;1-3H. The van der Waals surface area contributed by atoms with Crippen molar-refractivity contribution < 1.29 is 4.79 Å². The molecule has 4 rings (SSSR count). The van der Waals surface area contributed by atoms with Gasteiger partial charge in [0.15, 0.2) is 5.78 Å². The van der Waals surface area contributed by atoms with Gasteiger partial charge in [-0.05, 0) is 41.2 Å². The quantitative estimate of drug-likeness (QED) is 0.727. The average molecular weight is 335 g/mol. The lowest BCUT2D eigenvalue weighted by Gasteiger charge is -2.37. The van der Waals surface area contributed by atoms with Crippen molar-refractivity contribution in [2.75, 3.05) is 0 Å². The van der Waals surface area contributed by atoms with Gasteiger partial charge in [-0.3, -0.25) is 4.79 Å². The maximum absolute atomic E-state index is 12.8. The largest absolute Gasteiger partial charge is 0.294 e. The van der Waals surface area contributed by atoms with Crippen molar-refractivity contribution in [3.63, 3.8) is 0 Å². The number of benzene rings is 1. The summed E-state index contributed by atoms with van der Waals surface area (Å²) >= 11 is 0. The van der Waals surface area contributed by atoms with Gasteiger partial charge in [0.1, 0.15) is 0 Å². The molecular weight excluding hydrogens is 310 g/mol. The van der Waals surface area contributed by atoms with E-state index in [-0.39, 0.29) is 16.2 Å². The summed E-state index contributed by atoms with van der Waals surface area (Å²) < 4.78 is 0. The second-order valence-electron chi connectivity index (χ2n) is 7.90. The number of hydrogen-bond acceptors (Lipinski definition) is 4. The molecule has 2 atom stereocenters. The van der Waals surface area contributed by atoms with Gasteiger partial charge in [-0.25, -0.2) is 0 Å². The summed E-state index contributed by atoms with van der Waals surface area (Å²) in [6.45, 7) is 8.97. The Hall–Kier alpha value is -2.36. The molecular formula is C21H25N3O. The number of fused-ring (bicyclic) bond motifs is 2. The average Bonchev–Trinajstić information content (AvgIpc) is 2.88. The normalized spacial score (nSPS) is 30.9. The lowest BCUT2D eigenvalue weighted by Crippen LogP contribution is -2.34. The van der Waals surface area contributed by atoms with Crippen LogP contribution in [-0.2, 0) is 4.79 Å². The Morgan fingerprint density at radius 3 is 1.92 bits per heavy atom. The number of ketones is 1. The minimum Gasteiger partial charge on any atom is -0.294 e. The zero-order valence-corrected chi connectivity index (χ0v) is 15.4. The number of rotatable bonds is 1. The molecule has 2 fully saturated rings. The number of allylic oxidation sites excluding steroid dienone is 1. The van der Waals surface area contributed by atoms with Crippen molar-refractivity contribution in [3.8, 4) is 0 Å². The van der Waals surface area contributed by atoms with Crippen molar-refractivity contribution in [3.05, 3.63) is 59.9 Å². The van der Waals surface area contributed by atoms with E-state index in [0.29, 0.717) is 5.78 Å². The lowest BCUT2D eigenvalue weighted by molar-refractivity contribution is -0.125. The first-order valence-corrected chi connectivity index (χ1v) is 8.73. The van der Waals surface area contributed by atoms with Gasteiger partial charge in [-0.2, -0.15) is 0 Å². The molecule has 2 unspecified atom stereocenters. The van der Waals surface area contributed by atoms with Crippen LogP contribution in [0.15, 0.2) is 54.4 Å². The Kier molecular flexibility index (Phi) is 4.31. The zero-order valence-electron chi connectivity index (χ0n) is 15.4. The van der Waals surface area contributed by atoms with Gasteiger partial charge >= 0.3 is 0 Å². The van der Waals surface area contributed by atoms with Gasteiger partial charge < -0.3 is 0 Å². The van der Waals surface area contributed by atoms with Gasteiger partial charge in [0.05, 0.1) is 12.4 Å². The summed E-state index contributed by atoms with van der Waals surface area (Å²) in [5, 5.41) is 10.1. The van der Waals surface area contributed by atoms with Gasteiger partial charge in [-0.1, -0.05) is 58.0 Å². The van der Waals surface area contributed by atoms with E-state index in [9.17, 15) is 4.79 Å². The fourth-order valence-electron chi connectivity index (χ4n) is 4.30. The van der Waals surface area contributed by atoms with Crippen molar-refractivity contribution in [2.45, 2.75) is 40.5 Å². The van der Waals surface area contributed by atoms with Crippen LogP contribution in [0.5, 0.6) is 0 Å². The Bertz CT molecular complexity index is 759. The molecule has 0 spiro atoms. The predicted octanol–water partition coefficient (Wildman–Crippen LogP) is 4.36. The molecule has 2 aliphatic rings.